The van der Waals surface area contributed by atoms with Crippen molar-refractivity contribution in [1.29, 1.82) is 0 Å². The van der Waals surface area contributed by atoms with Gasteiger partial charge in [0.05, 0.1) is 5.02 Å². The number of rotatable bonds is 2. The predicted octanol–water partition coefficient (Wildman–Crippen LogP) is 2.61. The van der Waals surface area contributed by atoms with Gasteiger partial charge in [-0.2, -0.15) is 0 Å². The van der Waals surface area contributed by atoms with Gasteiger partial charge in [-0.25, -0.2) is 0 Å². The van der Waals surface area contributed by atoms with Gasteiger partial charge in [-0.1, -0.05) is 17.7 Å². The highest BCUT2D eigenvalue weighted by Gasteiger charge is 2.08. The molecule has 0 saturated heterocycles. The largest absolute Gasteiger partial charge is 0.298 e. The third-order valence-electron chi connectivity index (χ3n) is 2.03. The van der Waals surface area contributed by atoms with Crippen molar-refractivity contribution in [3.05, 3.63) is 47.5 Å². The van der Waals surface area contributed by atoms with Crippen LogP contribution in [0.5, 0.6) is 0 Å². The van der Waals surface area contributed by atoms with E-state index in [0.29, 0.717) is 16.1 Å². The highest BCUT2D eigenvalue weighted by Crippen LogP contribution is 2.25. The standard InChI is InChI=1S/C11H7ClN2O/c12-11-6-14-5-9(10(11)7-15)8-2-1-3-13-4-8/h1-7H. The first-order valence-corrected chi connectivity index (χ1v) is 4.70. The summed E-state index contributed by atoms with van der Waals surface area (Å²) in [5, 5.41) is 0.353. The molecular weight excluding hydrogens is 212 g/mol. The fourth-order valence-corrected chi connectivity index (χ4v) is 1.52. The molecule has 15 heavy (non-hydrogen) atoms. The molecule has 0 unspecified atom stereocenters. The Bertz CT molecular complexity index is 485. The minimum Gasteiger partial charge on any atom is -0.298 e. The highest BCUT2D eigenvalue weighted by atomic mass is 35.5. The van der Waals surface area contributed by atoms with Gasteiger partial charge in [0.15, 0.2) is 6.29 Å². The number of carbonyl (C=O) groups excluding carboxylic acids is 1. The van der Waals surface area contributed by atoms with Gasteiger partial charge in [0.2, 0.25) is 0 Å². The maximum atomic E-state index is 10.9. The zero-order valence-corrected chi connectivity index (χ0v) is 8.48. The first-order chi connectivity index (χ1) is 7.33. The topological polar surface area (TPSA) is 42.9 Å². The molecular formula is C11H7ClN2O. The van der Waals surface area contributed by atoms with E-state index in [4.69, 9.17) is 11.6 Å². The van der Waals surface area contributed by atoms with Crippen molar-refractivity contribution in [2.45, 2.75) is 0 Å². The highest BCUT2D eigenvalue weighted by molar-refractivity contribution is 6.33. The number of carbonyl (C=O) groups is 1. The molecule has 0 aromatic carbocycles. The van der Waals surface area contributed by atoms with Gasteiger partial charge in [0.25, 0.3) is 0 Å². The van der Waals surface area contributed by atoms with Crippen LogP contribution in [0.2, 0.25) is 5.02 Å². The molecule has 0 aliphatic rings. The van der Waals surface area contributed by atoms with Gasteiger partial charge < -0.3 is 0 Å². The second-order valence-corrected chi connectivity index (χ2v) is 3.35. The van der Waals surface area contributed by atoms with Crippen molar-refractivity contribution in [2.75, 3.05) is 0 Å². The van der Waals surface area contributed by atoms with Crippen LogP contribution in [0.15, 0.2) is 36.9 Å². The lowest BCUT2D eigenvalue weighted by atomic mass is 10.1. The second kappa shape index (κ2) is 4.19. The van der Waals surface area contributed by atoms with E-state index < -0.39 is 0 Å². The summed E-state index contributed by atoms with van der Waals surface area (Å²) < 4.78 is 0. The molecule has 0 aliphatic carbocycles. The molecule has 0 bridgehead atoms. The molecule has 0 atom stereocenters. The van der Waals surface area contributed by atoms with Crippen LogP contribution in [0.1, 0.15) is 10.4 Å². The molecule has 0 N–H and O–H groups in total. The molecule has 0 radical (unpaired) electrons. The number of hydrogen-bond donors (Lipinski definition) is 0. The molecule has 2 aromatic rings. The Hall–Kier alpha value is -1.74. The number of nitrogens with zero attached hydrogens (tertiary/aromatic N) is 2. The van der Waals surface area contributed by atoms with E-state index in [1.807, 2.05) is 6.07 Å². The Balaban J connectivity index is 2.63. The molecule has 0 saturated carbocycles. The smallest absolute Gasteiger partial charge is 0.152 e. The van der Waals surface area contributed by atoms with Crippen LogP contribution in [0, 0.1) is 0 Å². The molecule has 0 fully saturated rings. The van der Waals surface area contributed by atoms with E-state index in [-0.39, 0.29) is 0 Å². The van der Waals surface area contributed by atoms with Gasteiger partial charge >= 0.3 is 0 Å². The van der Waals surface area contributed by atoms with Crippen LogP contribution in [-0.4, -0.2) is 16.3 Å². The van der Waals surface area contributed by atoms with Gasteiger partial charge in [0.1, 0.15) is 0 Å². The molecule has 2 rings (SSSR count). The number of aromatic nitrogens is 2. The normalized spacial score (nSPS) is 9.93. The fourth-order valence-electron chi connectivity index (χ4n) is 1.32. The SMILES string of the molecule is O=Cc1c(Cl)cncc1-c1cccnc1. The minimum atomic E-state index is 0.353. The third-order valence-corrected chi connectivity index (χ3v) is 2.33. The molecule has 0 aliphatic heterocycles. The van der Waals surface area contributed by atoms with Crippen molar-refractivity contribution >= 4 is 17.9 Å². The van der Waals surface area contributed by atoms with Gasteiger partial charge in [-0.15, -0.1) is 0 Å². The second-order valence-electron chi connectivity index (χ2n) is 2.94. The van der Waals surface area contributed by atoms with Crippen molar-refractivity contribution in [2.24, 2.45) is 0 Å². The Morgan fingerprint density at radius 3 is 2.73 bits per heavy atom. The first kappa shape index (κ1) is 9.80. The predicted molar refractivity (Wildman–Crippen MR) is 57.9 cm³/mol. The average molecular weight is 219 g/mol. The zero-order valence-electron chi connectivity index (χ0n) is 7.72. The van der Waals surface area contributed by atoms with E-state index >= 15 is 0 Å². The van der Waals surface area contributed by atoms with Crippen LogP contribution >= 0.6 is 11.6 Å². The van der Waals surface area contributed by atoms with E-state index in [2.05, 4.69) is 9.97 Å². The van der Waals surface area contributed by atoms with Gasteiger partial charge in [-0.3, -0.25) is 14.8 Å². The van der Waals surface area contributed by atoms with Crippen molar-refractivity contribution < 1.29 is 4.79 Å². The van der Waals surface area contributed by atoms with Crippen LogP contribution < -0.4 is 0 Å². The first-order valence-electron chi connectivity index (χ1n) is 4.32. The summed E-state index contributed by atoms with van der Waals surface area (Å²) in [6.07, 6.45) is 7.12. The Kier molecular flexibility index (Phi) is 2.74. The number of halogens is 1. The van der Waals surface area contributed by atoms with Crippen molar-refractivity contribution in [1.82, 2.24) is 9.97 Å². The summed E-state index contributed by atoms with van der Waals surface area (Å²) in [4.78, 5) is 18.8. The van der Waals surface area contributed by atoms with E-state index in [9.17, 15) is 4.79 Å². The Morgan fingerprint density at radius 2 is 2.07 bits per heavy atom. The summed E-state index contributed by atoms with van der Waals surface area (Å²) in [5.74, 6) is 0. The van der Waals surface area contributed by atoms with Crippen LogP contribution in [-0.2, 0) is 0 Å². The summed E-state index contributed by atoms with van der Waals surface area (Å²) in [7, 11) is 0. The average Bonchev–Trinajstić information content (AvgIpc) is 2.30. The lowest BCUT2D eigenvalue weighted by molar-refractivity contribution is 0.112. The van der Waals surface area contributed by atoms with Crippen LogP contribution in [0.4, 0.5) is 0 Å². The molecule has 0 spiro atoms. The fraction of sp³-hybridized carbons (Fsp3) is 0. The molecule has 3 nitrogen and oxygen atoms in total. The van der Waals surface area contributed by atoms with Gasteiger partial charge in [0, 0.05) is 41.5 Å². The quantitative estimate of drug-likeness (QED) is 0.728. The van der Waals surface area contributed by atoms with Gasteiger partial charge in [-0.05, 0) is 6.07 Å². The summed E-state index contributed by atoms with van der Waals surface area (Å²) >= 11 is 5.87. The summed E-state index contributed by atoms with van der Waals surface area (Å²) in [6.45, 7) is 0. The Labute approximate surface area is 91.8 Å². The monoisotopic (exact) mass is 218 g/mol. The van der Waals surface area contributed by atoms with E-state index in [0.717, 1.165) is 11.8 Å². The number of pyridine rings is 2. The summed E-state index contributed by atoms with van der Waals surface area (Å²) in [6, 6.07) is 3.65. The minimum absolute atomic E-state index is 0.353. The number of aldehydes is 1. The Morgan fingerprint density at radius 1 is 1.20 bits per heavy atom. The van der Waals surface area contributed by atoms with Crippen LogP contribution in [0.3, 0.4) is 0 Å². The van der Waals surface area contributed by atoms with E-state index in [1.165, 1.54) is 6.20 Å². The lowest BCUT2D eigenvalue weighted by Gasteiger charge is -2.04. The molecule has 2 aromatic heterocycles. The maximum Gasteiger partial charge on any atom is 0.152 e. The maximum absolute atomic E-state index is 10.9. The van der Waals surface area contributed by atoms with Crippen LogP contribution in [0.25, 0.3) is 11.1 Å². The number of hydrogen-bond acceptors (Lipinski definition) is 3. The van der Waals surface area contributed by atoms with E-state index in [1.54, 1.807) is 24.7 Å². The zero-order chi connectivity index (χ0) is 10.7. The molecule has 4 heteroatoms. The molecule has 2 heterocycles. The van der Waals surface area contributed by atoms with Crippen molar-refractivity contribution in [3.8, 4) is 11.1 Å². The van der Waals surface area contributed by atoms with Crippen molar-refractivity contribution in [3.63, 3.8) is 0 Å². The molecule has 74 valence electrons. The summed E-state index contributed by atoms with van der Waals surface area (Å²) in [5.41, 5.74) is 1.97. The third kappa shape index (κ3) is 1.87. The lowest BCUT2D eigenvalue weighted by Crippen LogP contribution is -1.91. The molecule has 0 amide bonds.